The predicted molar refractivity (Wildman–Crippen MR) is 125 cm³/mol. The summed E-state index contributed by atoms with van der Waals surface area (Å²) in [5.74, 6) is 1.59. The van der Waals surface area contributed by atoms with Crippen molar-refractivity contribution < 1.29 is 32.2 Å². The molecule has 0 saturated heterocycles. The molecule has 1 aromatic heterocycles. The highest BCUT2D eigenvalue weighted by Crippen LogP contribution is 2.34. The lowest BCUT2D eigenvalue weighted by molar-refractivity contribution is 0.102. The summed E-state index contributed by atoms with van der Waals surface area (Å²) in [6.45, 7) is 1.90. The average molecular weight is 493 g/mol. The number of benzene rings is 2. The second-order valence-electron chi connectivity index (χ2n) is 6.90. The third-order valence-corrected chi connectivity index (χ3v) is 5.74. The van der Waals surface area contributed by atoms with Crippen LogP contribution in [0.2, 0.25) is 0 Å². The van der Waals surface area contributed by atoms with E-state index in [9.17, 15) is 8.42 Å². The second kappa shape index (κ2) is 13.0. The molecule has 0 fully saturated rings. The first kappa shape index (κ1) is 25.6. The predicted octanol–water partition coefficient (Wildman–Crippen LogP) is 2.00. The van der Waals surface area contributed by atoms with Crippen molar-refractivity contribution in [3.63, 3.8) is 0 Å². The Balaban J connectivity index is 1.65. The van der Waals surface area contributed by atoms with Crippen LogP contribution in [0, 0.1) is 0 Å². The molecular formula is C22H28N4O7S. The summed E-state index contributed by atoms with van der Waals surface area (Å²) in [5.41, 5.74) is 0.648. The monoisotopic (exact) mass is 492 g/mol. The summed E-state index contributed by atoms with van der Waals surface area (Å²) >= 11 is 0. The van der Waals surface area contributed by atoms with Crippen molar-refractivity contribution in [1.29, 1.82) is 0 Å². The van der Waals surface area contributed by atoms with Gasteiger partial charge in [0.15, 0.2) is 11.5 Å². The Morgan fingerprint density at radius 3 is 2.21 bits per heavy atom. The summed E-state index contributed by atoms with van der Waals surface area (Å²) in [4.78, 5) is 16.0. The minimum absolute atomic E-state index is 0.0625. The van der Waals surface area contributed by atoms with Crippen LogP contribution in [-0.4, -0.2) is 72.2 Å². The zero-order valence-electron chi connectivity index (χ0n) is 19.0. The molecule has 0 aliphatic carbocycles. The van der Waals surface area contributed by atoms with Crippen molar-refractivity contribution in [3.05, 3.63) is 48.8 Å². The zero-order chi connectivity index (χ0) is 24.2. The molecule has 12 heteroatoms. The molecule has 0 bridgehead atoms. The van der Waals surface area contributed by atoms with Crippen molar-refractivity contribution in [2.24, 2.45) is 0 Å². The van der Waals surface area contributed by atoms with Crippen LogP contribution in [-0.2, 0) is 24.3 Å². The first-order valence-corrected chi connectivity index (χ1v) is 12.0. The van der Waals surface area contributed by atoms with Crippen molar-refractivity contribution in [2.45, 2.75) is 4.90 Å². The number of nitrogens with zero attached hydrogens (tertiary/aromatic N) is 2. The highest BCUT2D eigenvalue weighted by atomic mass is 32.2. The van der Waals surface area contributed by atoms with E-state index in [0.717, 1.165) is 0 Å². The first-order chi connectivity index (χ1) is 16.5. The lowest BCUT2D eigenvalue weighted by Gasteiger charge is -2.15. The summed E-state index contributed by atoms with van der Waals surface area (Å²) in [5, 5.41) is 3.84. The highest BCUT2D eigenvalue weighted by Gasteiger charge is 2.14. The van der Waals surface area contributed by atoms with E-state index in [1.165, 1.54) is 18.5 Å². The maximum absolute atomic E-state index is 12.2. The van der Waals surface area contributed by atoms with Gasteiger partial charge in [0.2, 0.25) is 0 Å². The molecule has 1 heterocycles. The van der Waals surface area contributed by atoms with Gasteiger partial charge in [-0.3, -0.25) is 4.84 Å². The summed E-state index contributed by atoms with van der Waals surface area (Å²) in [7, 11) is -0.553. The van der Waals surface area contributed by atoms with Crippen LogP contribution in [0.15, 0.2) is 53.7 Å². The molecule has 11 nitrogen and oxygen atoms in total. The summed E-state index contributed by atoms with van der Waals surface area (Å²) < 4.78 is 46.1. The Morgan fingerprint density at radius 2 is 1.53 bits per heavy atom. The van der Waals surface area contributed by atoms with Gasteiger partial charge in [-0.05, 0) is 18.2 Å². The molecule has 3 aromatic rings. The van der Waals surface area contributed by atoms with Crippen LogP contribution in [0.4, 0.5) is 5.82 Å². The number of ether oxygens (including phenoxy) is 4. The van der Waals surface area contributed by atoms with E-state index >= 15 is 0 Å². The standard InChI is InChI=1S/C22H28N4O7S/c1-29-10-12-31-20-14-18-19(15-21(20)32-13-11-30-2)24-16-25-22(18)23-8-9-33-26-34(27,28)17-6-4-3-5-7-17/h3-7,14-16,26H,8-13H2,1-2H3,(H,23,24,25). The van der Waals surface area contributed by atoms with Gasteiger partial charge in [-0.25, -0.2) is 18.4 Å². The van der Waals surface area contributed by atoms with E-state index in [1.54, 1.807) is 44.6 Å². The lowest BCUT2D eigenvalue weighted by Crippen LogP contribution is -2.26. The minimum Gasteiger partial charge on any atom is -0.487 e. The first-order valence-electron chi connectivity index (χ1n) is 10.5. The van der Waals surface area contributed by atoms with E-state index in [0.29, 0.717) is 54.6 Å². The van der Waals surface area contributed by atoms with Gasteiger partial charge in [-0.15, -0.1) is 0 Å². The van der Waals surface area contributed by atoms with Gasteiger partial charge in [0.1, 0.15) is 25.4 Å². The fraction of sp³-hybridized carbons (Fsp3) is 0.364. The maximum atomic E-state index is 12.2. The van der Waals surface area contributed by atoms with Crippen LogP contribution in [0.25, 0.3) is 10.9 Å². The molecule has 2 N–H and O–H groups in total. The van der Waals surface area contributed by atoms with Gasteiger partial charge in [0.25, 0.3) is 10.0 Å². The number of methoxy groups -OCH3 is 2. The Hall–Kier alpha value is -3.03. The van der Waals surface area contributed by atoms with E-state index in [1.807, 2.05) is 0 Å². The number of hydrogen-bond donors (Lipinski definition) is 2. The fourth-order valence-corrected chi connectivity index (χ4v) is 3.74. The molecule has 0 aliphatic rings. The molecule has 0 atom stereocenters. The number of hydrogen-bond acceptors (Lipinski definition) is 10. The third kappa shape index (κ3) is 7.23. The molecular weight excluding hydrogens is 464 g/mol. The normalized spacial score (nSPS) is 11.5. The molecule has 0 spiro atoms. The van der Waals surface area contributed by atoms with Crippen molar-refractivity contribution in [1.82, 2.24) is 14.9 Å². The van der Waals surface area contributed by atoms with Gasteiger partial charge >= 0.3 is 0 Å². The van der Waals surface area contributed by atoms with E-state index < -0.39 is 10.0 Å². The zero-order valence-corrected chi connectivity index (χ0v) is 19.8. The van der Waals surface area contributed by atoms with Gasteiger partial charge in [0, 0.05) is 32.2 Å². The molecule has 2 aromatic carbocycles. The van der Waals surface area contributed by atoms with Crippen LogP contribution in [0.1, 0.15) is 0 Å². The Bertz CT molecular complexity index is 1150. The average Bonchev–Trinajstić information content (AvgIpc) is 2.85. The van der Waals surface area contributed by atoms with E-state index in [4.69, 9.17) is 23.8 Å². The highest BCUT2D eigenvalue weighted by molar-refractivity contribution is 7.89. The molecule has 0 unspecified atom stereocenters. The molecule has 34 heavy (non-hydrogen) atoms. The molecule has 184 valence electrons. The number of rotatable bonds is 15. The van der Waals surface area contributed by atoms with Gasteiger partial charge < -0.3 is 24.3 Å². The second-order valence-corrected chi connectivity index (χ2v) is 8.54. The van der Waals surface area contributed by atoms with Crippen molar-refractivity contribution >= 4 is 26.7 Å². The smallest absolute Gasteiger partial charge is 0.262 e. The third-order valence-electron chi connectivity index (χ3n) is 4.51. The Morgan fingerprint density at radius 1 is 0.853 bits per heavy atom. The van der Waals surface area contributed by atoms with E-state index in [-0.39, 0.29) is 18.0 Å². The SMILES string of the molecule is COCCOc1cc2ncnc(NCCONS(=O)(=O)c3ccccc3)c2cc1OCCOC. The van der Waals surface area contributed by atoms with Crippen LogP contribution >= 0.6 is 0 Å². The number of anilines is 1. The van der Waals surface area contributed by atoms with Crippen molar-refractivity contribution in [2.75, 3.05) is 59.1 Å². The van der Waals surface area contributed by atoms with Crippen molar-refractivity contribution in [3.8, 4) is 11.5 Å². The molecule has 0 amide bonds. The summed E-state index contributed by atoms with van der Waals surface area (Å²) in [6.07, 6.45) is 1.42. The van der Waals surface area contributed by atoms with Gasteiger partial charge in [0.05, 0.1) is 30.2 Å². The number of aromatic nitrogens is 2. The maximum Gasteiger partial charge on any atom is 0.262 e. The largest absolute Gasteiger partial charge is 0.487 e. The topological polar surface area (TPSA) is 130 Å². The quantitative estimate of drug-likeness (QED) is 0.240. The molecule has 3 rings (SSSR count). The van der Waals surface area contributed by atoms with Gasteiger partial charge in [-0.1, -0.05) is 23.1 Å². The molecule has 0 saturated carbocycles. The Labute approximate surface area is 198 Å². The molecule has 0 radical (unpaired) electrons. The lowest BCUT2D eigenvalue weighted by atomic mass is 10.2. The van der Waals surface area contributed by atoms with E-state index in [2.05, 4.69) is 20.2 Å². The number of sulfonamides is 1. The molecule has 0 aliphatic heterocycles. The summed E-state index contributed by atoms with van der Waals surface area (Å²) in [6, 6.07) is 11.5. The van der Waals surface area contributed by atoms with Crippen LogP contribution in [0.5, 0.6) is 11.5 Å². The number of nitrogens with one attached hydrogen (secondary N) is 2. The van der Waals surface area contributed by atoms with Crippen LogP contribution < -0.4 is 19.7 Å². The fourth-order valence-electron chi connectivity index (χ4n) is 2.89. The minimum atomic E-state index is -3.75. The van der Waals surface area contributed by atoms with Crippen LogP contribution in [0.3, 0.4) is 0 Å². The van der Waals surface area contributed by atoms with Gasteiger partial charge in [-0.2, -0.15) is 0 Å². The Kier molecular flexibility index (Phi) is 9.79. The number of fused-ring (bicyclic) bond motifs is 1.